The highest BCUT2D eigenvalue weighted by molar-refractivity contribution is 6.46. The van der Waals surface area contributed by atoms with Crippen molar-refractivity contribution in [1.29, 1.82) is 0 Å². The van der Waals surface area contributed by atoms with Crippen molar-refractivity contribution in [3.05, 3.63) is 260 Å². The summed E-state index contributed by atoms with van der Waals surface area (Å²) < 4.78 is 13.9. The van der Waals surface area contributed by atoms with E-state index >= 15 is 0 Å². The molecule has 17 aromatic rings. The second-order valence-corrected chi connectivity index (χ2v) is 31.7. The summed E-state index contributed by atoms with van der Waals surface area (Å²) in [6.45, 7) is 7.31. The zero-order valence-electron chi connectivity index (χ0n) is 62.7. The Labute approximate surface area is 655 Å². The molecule has 6 aliphatic rings. The van der Waals surface area contributed by atoms with Crippen molar-refractivity contribution in [2.45, 2.75) is 52.6 Å². The molecule has 0 radical (unpaired) electrons. The van der Waals surface area contributed by atoms with Crippen LogP contribution in [-0.4, -0.2) is 140 Å². The van der Waals surface area contributed by atoms with E-state index in [1.165, 1.54) is 33.7 Å². The summed E-state index contributed by atoms with van der Waals surface area (Å²) >= 11 is 0. The molecular weight excluding hydrogens is 1460 g/mol. The van der Waals surface area contributed by atoms with Gasteiger partial charge in [0.05, 0.1) is 11.1 Å². The second kappa shape index (κ2) is 22.9. The predicted molar refractivity (Wildman–Crippen MR) is 438 cm³/mol. The van der Waals surface area contributed by atoms with E-state index in [9.17, 15) is 57.5 Å². The summed E-state index contributed by atoms with van der Waals surface area (Å²) in [5, 5.41) is 15.4. The molecule has 0 N–H and O–H groups in total. The van der Waals surface area contributed by atoms with E-state index in [4.69, 9.17) is 9.47 Å². The first kappa shape index (κ1) is 66.8. The van der Waals surface area contributed by atoms with Crippen LogP contribution in [0.15, 0.2) is 182 Å². The smallest absolute Gasteiger partial charge is 0.261 e. The Hall–Kier alpha value is -14.9. The van der Waals surface area contributed by atoms with Gasteiger partial charge in [0.2, 0.25) is 0 Å². The maximum Gasteiger partial charge on any atom is 0.261 e. The minimum absolute atomic E-state index is 0.0341. The van der Waals surface area contributed by atoms with Crippen molar-refractivity contribution < 1.29 is 67.0 Å². The van der Waals surface area contributed by atoms with Crippen molar-refractivity contribution in [2.75, 3.05) is 27.2 Å². The third-order valence-corrected chi connectivity index (χ3v) is 25.3. The van der Waals surface area contributed by atoms with Gasteiger partial charge in [-0.2, -0.15) is 0 Å². The lowest BCUT2D eigenvalue weighted by atomic mass is 9.81. The molecule has 556 valence electrons. The number of fused-ring (bicyclic) bond motifs is 6. The van der Waals surface area contributed by atoms with Gasteiger partial charge in [-0.25, -0.2) is 0 Å². The van der Waals surface area contributed by atoms with Gasteiger partial charge in [-0.05, 0) is 224 Å². The topological polar surface area (TPSA) is 243 Å². The van der Waals surface area contributed by atoms with Gasteiger partial charge in [-0.15, -0.1) is 0 Å². The number of rotatable bonds is 12. The number of benzene rings is 17. The SMILES string of the molecule is CC(C)N1C(=O)c2ccc3c4ccc5c6c(ccc(c7ccc(c2c37)C1=O)c64)C(=O)N(CCc1ccc(Oc2cc3c4c(ccc6c7c(Oc8ccc(CCN9C(=O)c%10ccc%11c%12ccc%13c%14c(ccc(c%15ccc(c%10c%11%15)C9=O)c%14%12)C(=O)N(C(C)C)C%13=O)cc8)cc8c9c(ccc(c2c46)c97)C(=O)N(C)C8=O)C(=O)N(C)C3=O)cc1)C5=O. The van der Waals surface area contributed by atoms with Gasteiger partial charge in [0.15, 0.2) is 0 Å². The van der Waals surface area contributed by atoms with Gasteiger partial charge in [0.25, 0.3) is 70.9 Å². The van der Waals surface area contributed by atoms with Crippen LogP contribution in [0.25, 0.3) is 129 Å². The summed E-state index contributed by atoms with van der Waals surface area (Å²) in [5.74, 6) is -4.25. The van der Waals surface area contributed by atoms with E-state index in [0.29, 0.717) is 121 Å². The summed E-state index contributed by atoms with van der Waals surface area (Å²) in [6, 6.07) is 52.9. The normalized spacial score (nSPS) is 15.6. The summed E-state index contributed by atoms with van der Waals surface area (Å²) in [5.41, 5.74) is 5.70. The first-order valence-electron chi connectivity index (χ1n) is 38.4. The van der Waals surface area contributed by atoms with Crippen LogP contribution in [0.4, 0.5) is 0 Å². The van der Waals surface area contributed by atoms with Crippen LogP contribution in [0.5, 0.6) is 23.0 Å². The number of carbonyl (C=O) groups is 12. The lowest BCUT2D eigenvalue weighted by Crippen LogP contribution is -2.44. The largest absolute Gasteiger partial charge is 0.457 e. The maximum absolute atomic E-state index is 14.7. The molecule has 6 aliphatic heterocycles. The van der Waals surface area contributed by atoms with Gasteiger partial charge >= 0.3 is 0 Å². The van der Waals surface area contributed by atoms with E-state index in [-0.39, 0.29) is 95.4 Å². The molecule has 0 aliphatic carbocycles. The predicted octanol–water partition coefficient (Wildman–Crippen LogP) is 17.6. The van der Waals surface area contributed by atoms with Crippen molar-refractivity contribution in [3.63, 3.8) is 0 Å². The highest BCUT2D eigenvalue weighted by Gasteiger charge is 2.43. The standard InChI is InChI=1S/C96H58N6O14/c1-41(2)101-93(111)63-29-19-51-47-15-25-59-75-60(26-16-48(71(47)75)52-20-30-64(94(101)112)77(63)73(51)52)90(108)99(89(59)107)37-35-43-7-11-45(12-8-43)115-69-39-67-79-57(85(103)97(5)87(67)105)34-24-56-82-70(40-68-80-58(86(104)98(6)88(68)106)33-23-55(84(80)82)81(69)83(56)79)116-46-13-9-44(10-14-46)36-38-100-91(109)61-27-17-49-53-21-31-65-78-66(96(114)102(42(3)4)95(65)113)32-22-54(74(53)78)50-18-28-62(92(100)110)76(61)72(49)50/h7-34,39-42H,35-38H2,1-6H3. The van der Waals surface area contributed by atoms with Crippen LogP contribution in [-0.2, 0) is 12.8 Å². The number of amides is 12. The second-order valence-electron chi connectivity index (χ2n) is 31.7. The number of carbonyl (C=O) groups excluding carboxylic acids is 12. The number of hydrogen-bond acceptors (Lipinski definition) is 14. The lowest BCUT2D eigenvalue weighted by molar-refractivity contribution is 0.0547. The summed E-state index contributed by atoms with van der Waals surface area (Å²) in [7, 11) is 2.84. The molecule has 20 heteroatoms. The molecule has 0 saturated heterocycles. The number of imide groups is 6. The van der Waals surface area contributed by atoms with Crippen molar-refractivity contribution in [3.8, 4) is 23.0 Å². The highest BCUT2D eigenvalue weighted by Crippen LogP contribution is 2.55. The van der Waals surface area contributed by atoms with Crippen LogP contribution in [0.2, 0.25) is 0 Å². The minimum Gasteiger partial charge on any atom is -0.457 e. The van der Waals surface area contributed by atoms with E-state index in [2.05, 4.69) is 0 Å². The Bertz CT molecular complexity index is 7090. The highest BCUT2D eigenvalue weighted by atomic mass is 16.5. The molecule has 0 spiro atoms. The Kier molecular flexibility index (Phi) is 13.2. The molecular formula is C96H58N6O14. The van der Waals surface area contributed by atoms with E-state index in [1.54, 1.807) is 109 Å². The molecule has 0 atom stereocenters. The molecule has 23 rings (SSSR count). The van der Waals surface area contributed by atoms with Crippen molar-refractivity contribution in [1.82, 2.24) is 29.4 Å². The first-order valence-corrected chi connectivity index (χ1v) is 38.4. The zero-order valence-corrected chi connectivity index (χ0v) is 62.7. The Morgan fingerprint density at radius 1 is 0.233 bits per heavy atom. The molecule has 0 fully saturated rings. The minimum atomic E-state index is -0.572. The van der Waals surface area contributed by atoms with Gasteiger partial charge < -0.3 is 9.47 Å². The third-order valence-electron chi connectivity index (χ3n) is 25.3. The molecule has 20 nitrogen and oxygen atoms in total. The number of ether oxygens (including phenoxy) is 2. The first-order chi connectivity index (χ1) is 56.1. The monoisotopic (exact) mass is 1520 g/mol. The fourth-order valence-corrected chi connectivity index (χ4v) is 20.0. The van der Waals surface area contributed by atoms with Gasteiger partial charge in [-0.1, -0.05) is 84.9 Å². The van der Waals surface area contributed by atoms with Crippen LogP contribution < -0.4 is 9.47 Å². The quantitative estimate of drug-likeness (QED) is 0.0628. The molecule has 0 saturated carbocycles. The molecule has 0 aromatic heterocycles. The molecule has 116 heavy (non-hydrogen) atoms. The summed E-state index contributed by atoms with van der Waals surface area (Å²) in [4.78, 5) is 179. The van der Waals surface area contributed by atoms with E-state index in [0.717, 1.165) is 85.6 Å². The summed E-state index contributed by atoms with van der Waals surface area (Å²) in [6.07, 6.45) is 0.535. The zero-order chi connectivity index (χ0) is 79.3. The van der Waals surface area contributed by atoms with Crippen molar-refractivity contribution in [2.24, 2.45) is 0 Å². The van der Waals surface area contributed by atoms with E-state index < -0.39 is 47.3 Å². The average Bonchev–Trinajstić information content (AvgIpc) is 0.687. The van der Waals surface area contributed by atoms with Crippen molar-refractivity contribution >= 4 is 200 Å². The Morgan fingerprint density at radius 2 is 0.457 bits per heavy atom. The van der Waals surface area contributed by atoms with Crippen LogP contribution >= 0.6 is 0 Å². The fourth-order valence-electron chi connectivity index (χ4n) is 20.0. The average molecular weight is 1520 g/mol. The van der Waals surface area contributed by atoms with Crippen LogP contribution in [0.3, 0.4) is 0 Å². The van der Waals surface area contributed by atoms with Crippen LogP contribution in [0, 0.1) is 0 Å². The molecule has 17 aromatic carbocycles. The molecule has 12 amide bonds. The third kappa shape index (κ3) is 8.39. The molecule has 0 unspecified atom stereocenters. The van der Waals surface area contributed by atoms with Gasteiger partial charge in [0.1, 0.15) is 23.0 Å². The molecule has 0 bridgehead atoms. The van der Waals surface area contributed by atoms with Gasteiger partial charge in [0, 0.05) is 149 Å². The Morgan fingerprint density at radius 3 is 0.716 bits per heavy atom. The maximum atomic E-state index is 14.7. The lowest BCUT2D eigenvalue weighted by Gasteiger charge is -2.31. The van der Waals surface area contributed by atoms with Gasteiger partial charge in [-0.3, -0.25) is 86.9 Å². The fraction of sp³-hybridized carbons (Fsp3) is 0.125. The van der Waals surface area contributed by atoms with E-state index in [1.807, 2.05) is 100 Å². The molecule has 6 heterocycles. The van der Waals surface area contributed by atoms with Crippen LogP contribution in [0.1, 0.15) is 163 Å². The number of nitrogens with zero attached hydrogens (tertiary/aromatic N) is 6. The number of hydrogen-bond donors (Lipinski definition) is 0. The Balaban J connectivity index is 0.556.